The molecule has 0 aliphatic heterocycles. The lowest BCUT2D eigenvalue weighted by Gasteiger charge is -2.07. The average Bonchev–Trinajstić information content (AvgIpc) is 3.20. The Morgan fingerprint density at radius 3 is 2.39 bits per heavy atom. The molecule has 4 nitrogen and oxygen atoms in total. The third-order valence-corrected chi connectivity index (χ3v) is 5.36. The van der Waals surface area contributed by atoms with Crippen molar-refractivity contribution in [1.29, 1.82) is 0 Å². The minimum atomic E-state index is -0.251. The Morgan fingerprint density at radius 1 is 0.909 bits per heavy atom. The number of carbonyl (C=O) groups excluding carboxylic acids is 1. The summed E-state index contributed by atoms with van der Waals surface area (Å²) < 4.78 is 25.9. The van der Waals surface area contributed by atoms with Crippen LogP contribution in [0, 0.1) is 5.82 Å². The Bertz CT molecular complexity index is 1330. The van der Waals surface area contributed by atoms with E-state index in [1.54, 1.807) is 44.6 Å². The van der Waals surface area contributed by atoms with Crippen molar-refractivity contribution in [1.82, 2.24) is 4.57 Å². The van der Waals surface area contributed by atoms with E-state index in [-0.39, 0.29) is 11.6 Å². The summed E-state index contributed by atoms with van der Waals surface area (Å²) >= 11 is 0. The van der Waals surface area contributed by atoms with Crippen LogP contribution in [0.5, 0.6) is 11.5 Å². The number of aromatic nitrogens is 1. The van der Waals surface area contributed by atoms with Crippen molar-refractivity contribution in [3.63, 3.8) is 0 Å². The zero-order valence-corrected chi connectivity index (χ0v) is 18.5. The second-order valence-corrected chi connectivity index (χ2v) is 7.54. The first-order valence-electron chi connectivity index (χ1n) is 10.5. The Labute approximate surface area is 192 Å². The maximum Gasteiger partial charge on any atom is 0.178 e. The topological polar surface area (TPSA) is 40.5 Å². The largest absolute Gasteiger partial charge is 0.493 e. The average molecular weight is 442 g/mol. The number of ether oxygens (including phenoxy) is 2. The van der Waals surface area contributed by atoms with Gasteiger partial charge in [-0.3, -0.25) is 4.79 Å². The summed E-state index contributed by atoms with van der Waals surface area (Å²) in [6, 6.07) is 20.0. The predicted octanol–water partition coefficient (Wildman–Crippen LogP) is 6.14. The molecule has 1 aromatic heterocycles. The number of hydrogen-bond donors (Lipinski definition) is 0. The standard InChI is InChI=1S/C28H24FNO3/c1-32-27-16-10-20(17-28(27)33-2)9-14-24(31)15-11-22-19-30(26-6-4-3-5-25(22)26)18-21-7-12-23(29)13-8-21/h3-17,19H,18H2,1-2H3/b14-9+,15-11+. The van der Waals surface area contributed by atoms with Gasteiger partial charge in [0.25, 0.3) is 0 Å². The maximum atomic E-state index is 13.2. The lowest BCUT2D eigenvalue weighted by Crippen LogP contribution is -1.97. The normalized spacial score (nSPS) is 11.5. The lowest BCUT2D eigenvalue weighted by atomic mass is 10.1. The van der Waals surface area contributed by atoms with Gasteiger partial charge in [0.05, 0.1) is 14.2 Å². The van der Waals surface area contributed by atoms with Gasteiger partial charge in [-0.25, -0.2) is 4.39 Å². The number of fused-ring (bicyclic) bond motifs is 1. The van der Waals surface area contributed by atoms with Crippen molar-refractivity contribution in [2.45, 2.75) is 6.54 Å². The molecular weight excluding hydrogens is 417 g/mol. The number of carbonyl (C=O) groups is 1. The molecule has 3 aromatic carbocycles. The number of nitrogens with zero attached hydrogens (tertiary/aromatic N) is 1. The minimum Gasteiger partial charge on any atom is -0.493 e. The van der Waals surface area contributed by atoms with E-state index >= 15 is 0 Å². The van der Waals surface area contributed by atoms with Gasteiger partial charge in [-0.2, -0.15) is 0 Å². The summed E-state index contributed by atoms with van der Waals surface area (Å²) in [5.41, 5.74) is 3.84. The highest BCUT2D eigenvalue weighted by Crippen LogP contribution is 2.28. The highest BCUT2D eigenvalue weighted by atomic mass is 19.1. The van der Waals surface area contributed by atoms with Crippen LogP contribution in [0.25, 0.3) is 23.1 Å². The second kappa shape index (κ2) is 10.0. The van der Waals surface area contributed by atoms with E-state index in [0.29, 0.717) is 18.0 Å². The molecule has 0 aliphatic rings. The molecule has 0 N–H and O–H groups in total. The van der Waals surface area contributed by atoms with E-state index in [4.69, 9.17) is 9.47 Å². The van der Waals surface area contributed by atoms with Gasteiger partial charge in [-0.05, 0) is 59.7 Å². The first-order valence-corrected chi connectivity index (χ1v) is 10.5. The molecular formula is C28H24FNO3. The Balaban J connectivity index is 1.53. The summed E-state index contributed by atoms with van der Waals surface area (Å²) in [5, 5.41) is 1.05. The fraction of sp³-hybridized carbons (Fsp3) is 0.107. The van der Waals surface area contributed by atoms with E-state index in [0.717, 1.165) is 27.6 Å². The molecule has 0 amide bonds. The summed E-state index contributed by atoms with van der Waals surface area (Å²) in [6.45, 7) is 0.613. The van der Waals surface area contributed by atoms with Gasteiger partial charge in [0, 0.05) is 29.2 Å². The zero-order chi connectivity index (χ0) is 23.2. The molecule has 33 heavy (non-hydrogen) atoms. The molecule has 0 radical (unpaired) electrons. The van der Waals surface area contributed by atoms with Crippen LogP contribution in [-0.2, 0) is 11.3 Å². The number of halogens is 1. The lowest BCUT2D eigenvalue weighted by molar-refractivity contribution is -0.110. The Morgan fingerprint density at radius 2 is 1.64 bits per heavy atom. The van der Waals surface area contributed by atoms with E-state index < -0.39 is 0 Å². The van der Waals surface area contributed by atoms with E-state index in [1.165, 1.54) is 18.2 Å². The molecule has 1 heterocycles. The first-order chi connectivity index (χ1) is 16.1. The number of hydrogen-bond acceptors (Lipinski definition) is 3. The zero-order valence-electron chi connectivity index (χ0n) is 18.5. The van der Waals surface area contributed by atoms with Crippen LogP contribution in [0.4, 0.5) is 4.39 Å². The molecule has 5 heteroatoms. The number of para-hydroxylation sites is 1. The smallest absolute Gasteiger partial charge is 0.178 e. The van der Waals surface area contributed by atoms with E-state index in [2.05, 4.69) is 4.57 Å². The van der Waals surface area contributed by atoms with Gasteiger partial charge in [0.2, 0.25) is 0 Å². The second-order valence-electron chi connectivity index (χ2n) is 7.54. The van der Waals surface area contributed by atoms with Gasteiger partial charge in [0.1, 0.15) is 5.82 Å². The molecule has 4 rings (SSSR count). The van der Waals surface area contributed by atoms with Crippen molar-refractivity contribution in [3.8, 4) is 11.5 Å². The molecule has 0 fully saturated rings. The SMILES string of the molecule is COc1ccc(/C=C/C(=O)/C=C/c2cn(Cc3ccc(F)cc3)c3ccccc23)cc1OC. The predicted molar refractivity (Wildman–Crippen MR) is 130 cm³/mol. The van der Waals surface area contributed by atoms with Gasteiger partial charge in [0.15, 0.2) is 17.3 Å². The van der Waals surface area contributed by atoms with Crippen LogP contribution in [0.15, 0.2) is 85.1 Å². The van der Waals surface area contributed by atoms with Crippen molar-refractivity contribution >= 4 is 28.8 Å². The molecule has 4 aromatic rings. The van der Waals surface area contributed by atoms with Crippen LogP contribution in [0.1, 0.15) is 16.7 Å². The Kier molecular flexibility index (Phi) is 6.69. The summed E-state index contributed by atoms with van der Waals surface area (Å²) in [6.07, 6.45) is 8.66. The summed E-state index contributed by atoms with van der Waals surface area (Å²) in [7, 11) is 3.16. The Hall–Kier alpha value is -4.12. The van der Waals surface area contributed by atoms with E-state index in [9.17, 15) is 9.18 Å². The van der Waals surface area contributed by atoms with Gasteiger partial charge < -0.3 is 14.0 Å². The van der Waals surface area contributed by atoms with Crippen molar-refractivity contribution in [2.24, 2.45) is 0 Å². The number of rotatable bonds is 8. The first kappa shape index (κ1) is 22.1. The van der Waals surface area contributed by atoms with E-state index in [1.807, 2.05) is 48.7 Å². The van der Waals surface area contributed by atoms with Crippen molar-refractivity contribution < 1.29 is 18.7 Å². The molecule has 0 unspecified atom stereocenters. The molecule has 0 saturated heterocycles. The molecule has 0 bridgehead atoms. The number of ketones is 1. The highest BCUT2D eigenvalue weighted by molar-refractivity contribution is 6.05. The summed E-state index contributed by atoms with van der Waals surface area (Å²) in [5.74, 6) is 0.869. The minimum absolute atomic E-state index is 0.125. The van der Waals surface area contributed by atoms with Crippen LogP contribution < -0.4 is 9.47 Å². The number of benzene rings is 3. The molecule has 0 atom stereocenters. The van der Waals surface area contributed by atoms with Crippen LogP contribution >= 0.6 is 0 Å². The van der Waals surface area contributed by atoms with Gasteiger partial charge in [-0.15, -0.1) is 0 Å². The van der Waals surface area contributed by atoms with Crippen molar-refractivity contribution in [2.75, 3.05) is 14.2 Å². The highest BCUT2D eigenvalue weighted by Gasteiger charge is 2.07. The third-order valence-electron chi connectivity index (χ3n) is 5.36. The molecule has 0 aliphatic carbocycles. The maximum absolute atomic E-state index is 13.2. The van der Waals surface area contributed by atoms with Crippen LogP contribution in [0.2, 0.25) is 0 Å². The summed E-state index contributed by atoms with van der Waals surface area (Å²) in [4.78, 5) is 12.5. The van der Waals surface area contributed by atoms with Gasteiger partial charge >= 0.3 is 0 Å². The van der Waals surface area contributed by atoms with Crippen LogP contribution in [0.3, 0.4) is 0 Å². The molecule has 0 spiro atoms. The third kappa shape index (κ3) is 5.21. The van der Waals surface area contributed by atoms with Crippen LogP contribution in [-0.4, -0.2) is 24.6 Å². The van der Waals surface area contributed by atoms with Crippen molar-refractivity contribution in [3.05, 3.63) is 108 Å². The fourth-order valence-electron chi connectivity index (χ4n) is 3.69. The monoisotopic (exact) mass is 441 g/mol. The molecule has 166 valence electrons. The molecule has 0 saturated carbocycles. The van der Waals surface area contributed by atoms with Gasteiger partial charge in [-0.1, -0.05) is 42.5 Å². The quantitative estimate of drug-likeness (QED) is 0.308. The fourth-order valence-corrected chi connectivity index (χ4v) is 3.69. The number of methoxy groups -OCH3 is 2. The number of allylic oxidation sites excluding steroid dienone is 2.